The number of hydrogen-bond donors (Lipinski definition) is 4. The van der Waals surface area contributed by atoms with Crippen LogP contribution in [0.3, 0.4) is 0 Å². The van der Waals surface area contributed by atoms with Crippen molar-refractivity contribution in [3.8, 4) is 22.3 Å². The molecule has 6 aromatic carbocycles. The van der Waals surface area contributed by atoms with Crippen molar-refractivity contribution >= 4 is 69.0 Å². The molecule has 4 N–H and O–H groups in total. The maximum Gasteiger partial charge on any atom is 0.488 e. The van der Waals surface area contributed by atoms with Gasteiger partial charge in [-0.15, -0.1) is 0 Å². The third kappa shape index (κ3) is 5.06. The van der Waals surface area contributed by atoms with Crippen LogP contribution in [0.25, 0.3) is 66.1 Å². The number of hydrogen-bond acceptors (Lipinski definition) is 6. The third-order valence-corrected chi connectivity index (χ3v) is 7.80. The number of para-hydroxylation sites is 4. The molecule has 0 aliphatic carbocycles. The molecular weight excluding hydrogens is 550 g/mol. The molecule has 0 aliphatic rings. The first-order valence-electron chi connectivity index (χ1n) is 14.2. The van der Waals surface area contributed by atoms with Gasteiger partial charge in [-0.2, -0.15) is 0 Å². The second-order valence-electron chi connectivity index (χ2n) is 10.6. The minimum Gasteiger partial charge on any atom is -0.455 e. The maximum absolute atomic E-state index is 9.35. The maximum atomic E-state index is 9.35. The Hall–Kier alpha value is -5.11. The van der Waals surface area contributed by atoms with E-state index in [1.165, 1.54) is 0 Å². The van der Waals surface area contributed by atoms with Crippen LogP contribution in [0.2, 0.25) is 0 Å². The number of fused-ring (bicyclic) bond motifs is 6. The summed E-state index contributed by atoms with van der Waals surface area (Å²) in [7, 11) is -2.95. The zero-order chi connectivity index (χ0) is 30.2. The molecule has 0 saturated carbocycles. The van der Waals surface area contributed by atoms with Gasteiger partial charge in [0.15, 0.2) is 0 Å². The van der Waals surface area contributed by atoms with Gasteiger partial charge in [0.25, 0.3) is 0 Å². The predicted molar refractivity (Wildman–Crippen MR) is 178 cm³/mol. The van der Waals surface area contributed by atoms with Crippen LogP contribution in [0.4, 0.5) is 0 Å². The van der Waals surface area contributed by atoms with Crippen molar-refractivity contribution in [2.45, 2.75) is 0 Å². The summed E-state index contributed by atoms with van der Waals surface area (Å²) in [6.45, 7) is 0. The third-order valence-electron chi connectivity index (χ3n) is 7.80. The summed E-state index contributed by atoms with van der Waals surface area (Å²) in [6.07, 6.45) is 0. The molecular formula is C36H26B2O6. The molecule has 0 bridgehead atoms. The van der Waals surface area contributed by atoms with Crippen molar-refractivity contribution in [1.29, 1.82) is 0 Å². The Balaban J connectivity index is 0.000000142. The Labute approximate surface area is 253 Å². The number of rotatable bonds is 4. The zero-order valence-corrected chi connectivity index (χ0v) is 23.5. The highest BCUT2D eigenvalue weighted by molar-refractivity contribution is 6.59. The Kier molecular flexibility index (Phi) is 7.26. The van der Waals surface area contributed by atoms with Crippen LogP contribution in [-0.2, 0) is 0 Å². The van der Waals surface area contributed by atoms with E-state index < -0.39 is 14.2 Å². The van der Waals surface area contributed by atoms with E-state index in [9.17, 15) is 20.1 Å². The first kappa shape index (κ1) is 27.7. The molecule has 6 nitrogen and oxygen atoms in total. The Morgan fingerprint density at radius 3 is 1.20 bits per heavy atom. The largest absolute Gasteiger partial charge is 0.488 e. The lowest BCUT2D eigenvalue weighted by Crippen LogP contribution is -2.29. The molecule has 8 heteroatoms. The summed E-state index contributed by atoms with van der Waals surface area (Å²) >= 11 is 0. The highest BCUT2D eigenvalue weighted by Crippen LogP contribution is 2.36. The van der Waals surface area contributed by atoms with Gasteiger partial charge in [-0.05, 0) is 34.2 Å². The van der Waals surface area contributed by atoms with Gasteiger partial charge in [0.2, 0.25) is 0 Å². The fourth-order valence-corrected chi connectivity index (χ4v) is 5.68. The van der Waals surface area contributed by atoms with Gasteiger partial charge in [-0.3, -0.25) is 0 Å². The summed E-state index contributed by atoms with van der Waals surface area (Å²) in [5.41, 5.74) is 7.93. The quantitative estimate of drug-likeness (QED) is 0.196. The lowest BCUT2D eigenvalue weighted by atomic mass is 9.79. The molecule has 0 radical (unpaired) electrons. The highest BCUT2D eigenvalue weighted by Gasteiger charge is 2.16. The Morgan fingerprint density at radius 1 is 0.386 bits per heavy atom. The zero-order valence-electron chi connectivity index (χ0n) is 23.5. The van der Waals surface area contributed by atoms with Crippen LogP contribution in [0, 0.1) is 0 Å². The van der Waals surface area contributed by atoms with Crippen molar-refractivity contribution in [3.05, 3.63) is 133 Å². The minimum atomic E-state index is -1.48. The van der Waals surface area contributed by atoms with E-state index >= 15 is 0 Å². The SMILES string of the molecule is OB(O)c1cccc(-c2cccc3c2oc2ccccc23)c1.OB(O)c1cccc(-c2cccc3c2oc2ccccc23)c1. The standard InChI is InChI=1S/2C18H13BO3/c2*20-19(21)13-6-3-5-12(11-13)14-8-4-9-16-15-7-1-2-10-17(15)22-18(14)16/h2*1-11,20-21H. The van der Waals surface area contributed by atoms with Crippen LogP contribution in [-0.4, -0.2) is 34.3 Å². The van der Waals surface area contributed by atoms with E-state index in [1.54, 1.807) is 24.3 Å². The second-order valence-corrected chi connectivity index (χ2v) is 10.6. The molecule has 0 fully saturated rings. The van der Waals surface area contributed by atoms with Crippen molar-refractivity contribution in [1.82, 2.24) is 0 Å². The number of furan rings is 2. The van der Waals surface area contributed by atoms with Gasteiger partial charge in [-0.1, -0.05) is 121 Å². The smallest absolute Gasteiger partial charge is 0.455 e. The van der Waals surface area contributed by atoms with E-state index in [-0.39, 0.29) is 0 Å². The molecule has 2 heterocycles. The fraction of sp³-hybridized carbons (Fsp3) is 0. The molecule has 0 aliphatic heterocycles. The minimum absolute atomic E-state index is 0.464. The first-order chi connectivity index (χ1) is 21.5. The van der Waals surface area contributed by atoms with Gasteiger partial charge < -0.3 is 28.9 Å². The van der Waals surface area contributed by atoms with Crippen LogP contribution in [0.5, 0.6) is 0 Å². The molecule has 212 valence electrons. The molecule has 0 atom stereocenters. The average Bonchev–Trinajstić information content (AvgIpc) is 3.64. The molecule has 0 unspecified atom stereocenters. The Morgan fingerprint density at radius 2 is 0.773 bits per heavy atom. The number of benzene rings is 6. The summed E-state index contributed by atoms with van der Waals surface area (Å²) in [5.74, 6) is 0. The monoisotopic (exact) mass is 576 g/mol. The van der Waals surface area contributed by atoms with E-state index in [4.69, 9.17) is 8.83 Å². The van der Waals surface area contributed by atoms with Crippen molar-refractivity contribution < 1.29 is 28.9 Å². The van der Waals surface area contributed by atoms with Crippen LogP contribution in [0.1, 0.15) is 0 Å². The molecule has 0 saturated heterocycles. The summed E-state index contributed by atoms with van der Waals surface area (Å²) in [5, 5.41) is 41.7. The Bertz CT molecular complexity index is 2110. The van der Waals surface area contributed by atoms with Crippen LogP contribution in [0.15, 0.2) is 142 Å². The van der Waals surface area contributed by atoms with E-state index in [0.29, 0.717) is 10.9 Å². The molecule has 8 aromatic rings. The first-order valence-corrected chi connectivity index (χ1v) is 14.2. The van der Waals surface area contributed by atoms with Gasteiger partial charge in [-0.25, -0.2) is 0 Å². The highest BCUT2D eigenvalue weighted by atomic mass is 16.4. The van der Waals surface area contributed by atoms with E-state index in [0.717, 1.165) is 66.1 Å². The molecule has 0 spiro atoms. The normalized spacial score (nSPS) is 11.2. The van der Waals surface area contributed by atoms with Crippen molar-refractivity contribution in [3.63, 3.8) is 0 Å². The molecule has 44 heavy (non-hydrogen) atoms. The van der Waals surface area contributed by atoms with E-state index in [2.05, 4.69) is 0 Å². The van der Waals surface area contributed by atoms with Crippen LogP contribution >= 0.6 is 0 Å². The topological polar surface area (TPSA) is 107 Å². The molecule has 2 aromatic heterocycles. The summed E-state index contributed by atoms with van der Waals surface area (Å²) in [6, 6.07) is 42.3. The van der Waals surface area contributed by atoms with Crippen molar-refractivity contribution in [2.24, 2.45) is 0 Å². The molecule has 0 amide bonds. The lowest BCUT2D eigenvalue weighted by Gasteiger charge is -2.05. The van der Waals surface area contributed by atoms with Gasteiger partial charge in [0.1, 0.15) is 22.3 Å². The van der Waals surface area contributed by atoms with Crippen molar-refractivity contribution in [2.75, 3.05) is 0 Å². The van der Waals surface area contributed by atoms with Gasteiger partial charge >= 0.3 is 14.2 Å². The molecule has 8 rings (SSSR count). The lowest BCUT2D eigenvalue weighted by molar-refractivity contribution is 0.424. The van der Waals surface area contributed by atoms with E-state index in [1.807, 2.05) is 109 Å². The summed E-state index contributed by atoms with van der Waals surface area (Å²) in [4.78, 5) is 0. The fourth-order valence-electron chi connectivity index (χ4n) is 5.68. The van der Waals surface area contributed by atoms with Crippen LogP contribution < -0.4 is 10.9 Å². The second kappa shape index (κ2) is 11.5. The van der Waals surface area contributed by atoms with Gasteiger partial charge in [0.05, 0.1) is 0 Å². The van der Waals surface area contributed by atoms with Gasteiger partial charge in [0, 0.05) is 32.7 Å². The summed E-state index contributed by atoms with van der Waals surface area (Å²) < 4.78 is 12.0. The predicted octanol–water partition coefficient (Wildman–Crippen LogP) is 5.87. The average molecular weight is 576 g/mol.